The molecule has 0 aromatic rings. The van der Waals surface area contributed by atoms with E-state index in [4.69, 9.17) is 5.73 Å². The molecule has 3 heteroatoms. The minimum absolute atomic E-state index is 0.284. The minimum Gasteiger partial charge on any atom is -0.330 e. The second kappa shape index (κ2) is 10.8. The van der Waals surface area contributed by atoms with Crippen LogP contribution in [-0.4, -0.2) is 18.1 Å². The van der Waals surface area contributed by atoms with Crippen LogP contribution in [0.25, 0.3) is 0 Å². The Morgan fingerprint density at radius 2 is 1.25 bits per heavy atom. The predicted octanol–water partition coefficient (Wildman–Crippen LogP) is 2.61. The lowest BCUT2D eigenvalue weighted by Crippen LogP contribution is -2.04. The Morgan fingerprint density at radius 3 is 1.69 bits per heavy atom. The summed E-state index contributed by atoms with van der Waals surface area (Å²) in [6.45, 7) is 2.67. The second-order valence-corrected chi connectivity index (χ2v) is 4.28. The van der Waals surface area contributed by atoms with Crippen molar-refractivity contribution in [3.63, 3.8) is 0 Å². The van der Waals surface area contributed by atoms with Gasteiger partial charge in [-0.15, -0.1) is 0 Å². The van der Waals surface area contributed by atoms with Crippen LogP contribution in [0.5, 0.6) is 0 Å². The van der Waals surface area contributed by atoms with Gasteiger partial charge in [0.1, 0.15) is 11.6 Å². The zero-order valence-corrected chi connectivity index (χ0v) is 10.5. The van der Waals surface area contributed by atoms with Gasteiger partial charge in [0, 0.05) is 25.7 Å². The highest BCUT2D eigenvalue weighted by Gasteiger charge is 2.03. The number of rotatable bonds is 11. The average Bonchev–Trinajstić information content (AvgIpc) is 2.29. The largest absolute Gasteiger partial charge is 0.330 e. The van der Waals surface area contributed by atoms with Gasteiger partial charge in [-0.1, -0.05) is 13.3 Å². The molecule has 0 rings (SSSR count). The van der Waals surface area contributed by atoms with E-state index in [1.54, 1.807) is 0 Å². The Bertz CT molecular complexity index is 180. The quantitative estimate of drug-likeness (QED) is 0.552. The van der Waals surface area contributed by atoms with Crippen LogP contribution in [0.4, 0.5) is 0 Å². The standard InChI is InChI=1S/C13H25NO2/c1-2-3-7-12(15)8-4-5-9-13(16)10-6-11-14/h2-11,14H2,1H3. The van der Waals surface area contributed by atoms with E-state index < -0.39 is 0 Å². The monoisotopic (exact) mass is 227 g/mol. The fraction of sp³-hybridized carbons (Fsp3) is 0.846. The van der Waals surface area contributed by atoms with Crippen molar-refractivity contribution in [1.29, 1.82) is 0 Å². The van der Waals surface area contributed by atoms with Gasteiger partial charge in [0.25, 0.3) is 0 Å². The maximum absolute atomic E-state index is 11.3. The van der Waals surface area contributed by atoms with Crippen molar-refractivity contribution in [2.24, 2.45) is 5.73 Å². The maximum atomic E-state index is 11.3. The Labute approximate surface area is 98.8 Å². The fourth-order valence-electron chi connectivity index (χ4n) is 1.57. The van der Waals surface area contributed by atoms with E-state index in [0.29, 0.717) is 38.0 Å². The molecule has 0 saturated carbocycles. The Morgan fingerprint density at radius 1 is 0.812 bits per heavy atom. The molecule has 0 atom stereocenters. The smallest absolute Gasteiger partial charge is 0.132 e. The van der Waals surface area contributed by atoms with Gasteiger partial charge < -0.3 is 5.73 Å². The lowest BCUT2D eigenvalue weighted by molar-refractivity contribution is -0.121. The SMILES string of the molecule is CCCCC(=O)CCCCC(=O)CCCN. The summed E-state index contributed by atoms with van der Waals surface area (Å²) >= 11 is 0. The van der Waals surface area contributed by atoms with E-state index in [-0.39, 0.29) is 5.78 Å². The summed E-state index contributed by atoms with van der Waals surface area (Å²) in [6.07, 6.45) is 7.12. The molecule has 0 spiro atoms. The molecule has 94 valence electrons. The zero-order chi connectivity index (χ0) is 12.2. The molecule has 0 aromatic heterocycles. The summed E-state index contributed by atoms with van der Waals surface area (Å²) in [4.78, 5) is 22.6. The van der Waals surface area contributed by atoms with Crippen LogP contribution in [0.2, 0.25) is 0 Å². The third kappa shape index (κ3) is 9.84. The van der Waals surface area contributed by atoms with Gasteiger partial charge in [-0.3, -0.25) is 9.59 Å². The molecular formula is C13H25NO2. The van der Waals surface area contributed by atoms with Crippen LogP contribution in [-0.2, 0) is 9.59 Å². The van der Waals surface area contributed by atoms with Crippen LogP contribution < -0.4 is 5.73 Å². The first-order valence-electron chi connectivity index (χ1n) is 6.44. The predicted molar refractivity (Wildman–Crippen MR) is 66.3 cm³/mol. The molecular weight excluding hydrogens is 202 g/mol. The van der Waals surface area contributed by atoms with Gasteiger partial charge in [0.15, 0.2) is 0 Å². The van der Waals surface area contributed by atoms with Gasteiger partial charge in [0.2, 0.25) is 0 Å². The molecule has 0 aromatic carbocycles. The van der Waals surface area contributed by atoms with Crippen molar-refractivity contribution in [2.75, 3.05) is 6.54 Å². The Balaban J connectivity index is 3.31. The summed E-state index contributed by atoms with van der Waals surface area (Å²) in [5, 5.41) is 0. The van der Waals surface area contributed by atoms with Crippen molar-refractivity contribution in [3.05, 3.63) is 0 Å². The molecule has 0 heterocycles. The number of nitrogens with two attached hydrogens (primary N) is 1. The lowest BCUT2D eigenvalue weighted by atomic mass is 10.0. The molecule has 0 aliphatic rings. The number of unbranched alkanes of at least 4 members (excludes halogenated alkanes) is 2. The molecule has 3 nitrogen and oxygen atoms in total. The Kier molecular flexibility index (Phi) is 10.3. The number of hydrogen-bond donors (Lipinski definition) is 1. The van der Waals surface area contributed by atoms with Crippen molar-refractivity contribution in [1.82, 2.24) is 0 Å². The fourth-order valence-corrected chi connectivity index (χ4v) is 1.57. The third-order valence-electron chi connectivity index (χ3n) is 2.63. The highest BCUT2D eigenvalue weighted by Crippen LogP contribution is 2.07. The molecule has 0 saturated heterocycles. The van der Waals surface area contributed by atoms with E-state index in [2.05, 4.69) is 6.92 Å². The normalized spacial score (nSPS) is 10.4. The minimum atomic E-state index is 0.284. The van der Waals surface area contributed by atoms with Gasteiger partial charge in [0.05, 0.1) is 0 Å². The highest BCUT2D eigenvalue weighted by molar-refractivity contribution is 5.79. The summed E-state index contributed by atoms with van der Waals surface area (Å²) in [6, 6.07) is 0. The first kappa shape index (κ1) is 15.3. The highest BCUT2D eigenvalue weighted by atomic mass is 16.1. The summed E-state index contributed by atoms with van der Waals surface area (Å²) in [5.74, 6) is 0.628. The maximum Gasteiger partial charge on any atom is 0.132 e. The lowest BCUT2D eigenvalue weighted by Gasteiger charge is -2.01. The van der Waals surface area contributed by atoms with E-state index in [1.165, 1.54) is 0 Å². The third-order valence-corrected chi connectivity index (χ3v) is 2.63. The molecule has 0 radical (unpaired) electrons. The van der Waals surface area contributed by atoms with Gasteiger partial charge in [-0.05, 0) is 32.2 Å². The molecule has 0 amide bonds. The van der Waals surface area contributed by atoms with E-state index in [1.807, 2.05) is 0 Å². The van der Waals surface area contributed by atoms with Crippen molar-refractivity contribution in [3.8, 4) is 0 Å². The molecule has 16 heavy (non-hydrogen) atoms. The van der Waals surface area contributed by atoms with Crippen LogP contribution in [0, 0.1) is 0 Å². The van der Waals surface area contributed by atoms with E-state index in [0.717, 1.165) is 32.1 Å². The number of ketones is 2. The van der Waals surface area contributed by atoms with Crippen molar-refractivity contribution in [2.45, 2.75) is 64.7 Å². The molecule has 0 aliphatic heterocycles. The number of Topliss-reactive ketones (excluding diaryl/α,β-unsaturated/α-hetero) is 2. The summed E-state index contributed by atoms with van der Waals surface area (Å²) in [5.41, 5.74) is 5.32. The molecule has 2 N–H and O–H groups in total. The van der Waals surface area contributed by atoms with Crippen LogP contribution in [0.1, 0.15) is 64.7 Å². The second-order valence-electron chi connectivity index (χ2n) is 4.28. The van der Waals surface area contributed by atoms with Crippen LogP contribution >= 0.6 is 0 Å². The molecule has 0 bridgehead atoms. The van der Waals surface area contributed by atoms with Crippen molar-refractivity contribution >= 4 is 11.6 Å². The van der Waals surface area contributed by atoms with Crippen LogP contribution in [0.3, 0.4) is 0 Å². The number of carbonyl (C=O) groups excluding carboxylic acids is 2. The van der Waals surface area contributed by atoms with Crippen LogP contribution in [0.15, 0.2) is 0 Å². The van der Waals surface area contributed by atoms with Gasteiger partial charge in [-0.2, -0.15) is 0 Å². The number of carbonyl (C=O) groups is 2. The molecule has 0 aliphatic carbocycles. The van der Waals surface area contributed by atoms with Gasteiger partial charge >= 0.3 is 0 Å². The summed E-state index contributed by atoms with van der Waals surface area (Å²) < 4.78 is 0. The first-order valence-corrected chi connectivity index (χ1v) is 6.44. The average molecular weight is 227 g/mol. The van der Waals surface area contributed by atoms with E-state index >= 15 is 0 Å². The summed E-state index contributed by atoms with van der Waals surface area (Å²) in [7, 11) is 0. The van der Waals surface area contributed by atoms with Crippen molar-refractivity contribution < 1.29 is 9.59 Å². The zero-order valence-electron chi connectivity index (χ0n) is 10.5. The van der Waals surface area contributed by atoms with Gasteiger partial charge in [-0.25, -0.2) is 0 Å². The first-order chi connectivity index (χ1) is 7.70. The Hall–Kier alpha value is -0.700. The number of hydrogen-bond acceptors (Lipinski definition) is 3. The van der Waals surface area contributed by atoms with E-state index in [9.17, 15) is 9.59 Å². The topological polar surface area (TPSA) is 60.2 Å². The molecule has 0 unspecified atom stereocenters. The molecule has 0 fully saturated rings.